The third kappa shape index (κ3) is 3.64. The lowest BCUT2D eigenvalue weighted by Gasteiger charge is -2.08. The molecule has 2 aromatic carbocycles. The Hall–Kier alpha value is -2.91. The molecule has 3 nitrogen and oxygen atoms in total. The lowest BCUT2D eigenvalue weighted by Crippen LogP contribution is -2.05. The fourth-order valence-corrected chi connectivity index (χ4v) is 3.44. The number of aromatic nitrogens is 3. The first-order valence-electron chi connectivity index (χ1n) is 8.92. The van der Waals surface area contributed by atoms with Gasteiger partial charge < -0.3 is 0 Å². The van der Waals surface area contributed by atoms with Gasteiger partial charge in [0, 0.05) is 17.3 Å². The molecule has 0 bridgehead atoms. The molecule has 0 N–H and O–H groups in total. The summed E-state index contributed by atoms with van der Waals surface area (Å²) < 4.78 is 1.95. The van der Waals surface area contributed by atoms with Crippen molar-refractivity contribution < 1.29 is 0 Å². The summed E-state index contributed by atoms with van der Waals surface area (Å²) >= 11 is 6.84. The van der Waals surface area contributed by atoms with Crippen LogP contribution in [0.25, 0.3) is 22.5 Å². The maximum atomic E-state index is 6.84. The number of hydrogen-bond donors (Lipinski definition) is 0. The van der Waals surface area contributed by atoms with Crippen molar-refractivity contribution in [3.63, 3.8) is 0 Å². The van der Waals surface area contributed by atoms with Crippen molar-refractivity contribution in [3.8, 4) is 22.5 Å². The largest absolute Gasteiger partial charge is 0.259 e. The summed E-state index contributed by atoms with van der Waals surface area (Å²) in [4.78, 5) is 4.44. The van der Waals surface area contributed by atoms with E-state index < -0.39 is 0 Å². The van der Waals surface area contributed by atoms with Crippen molar-refractivity contribution in [1.29, 1.82) is 0 Å². The first-order valence-corrected chi connectivity index (χ1v) is 9.30. The first-order chi connectivity index (χ1) is 13.1. The molecule has 4 aromatic rings. The van der Waals surface area contributed by atoms with Gasteiger partial charge in [-0.05, 0) is 26.0 Å². The van der Waals surface area contributed by atoms with Crippen LogP contribution in [0.2, 0.25) is 5.02 Å². The van der Waals surface area contributed by atoms with Crippen LogP contribution in [0.4, 0.5) is 0 Å². The summed E-state index contributed by atoms with van der Waals surface area (Å²) in [6, 6.07) is 22.5. The lowest BCUT2D eigenvalue weighted by atomic mass is 10.1. The van der Waals surface area contributed by atoms with E-state index >= 15 is 0 Å². The third-order valence-corrected chi connectivity index (χ3v) is 4.94. The van der Waals surface area contributed by atoms with Gasteiger partial charge in [0.05, 0.1) is 23.0 Å². The average Bonchev–Trinajstić information content (AvgIpc) is 3.00. The minimum absolute atomic E-state index is 0.565. The lowest BCUT2D eigenvalue weighted by molar-refractivity contribution is 0.682. The highest BCUT2D eigenvalue weighted by Crippen LogP contribution is 2.36. The zero-order valence-corrected chi connectivity index (χ0v) is 16.1. The number of benzene rings is 2. The fraction of sp³-hybridized carbons (Fsp3) is 0.130. The van der Waals surface area contributed by atoms with Gasteiger partial charge in [0.25, 0.3) is 0 Å². The van der Waals surface area contributed by atoms with Crippen molar-refractivity contribution >= 4 is 11.6 Å². The van der Waals surface area contributed by atoms with Gasteiger partial charge >= 0.3 is 0 Å². The summed E-state index contributed by atoms with van der Waals surface area (Å²) in [5.41, 5.74) is 7.14. The van der Waals surface area contributed by atoms with Crippen LogP contribution in [0.5, 0.6) is 0 Å². The van der Waals surface area contributed by atoms with E-state index in [2.05, 4.69) is 67.4 Å². The van der Waals surface area contributed by atoms with Crippen LogP contribution >= 0.6 is 11.6 Å². The molecule has 0 saturated heterocycles. The Labute approximate surface area is 164 Å². The quantitative estimate of drug-likeness (QED) is 0.443. The molecule has 0 atom stereocenters. The van der Waals surface area contributed by atoms with Crippen LogP contribution in [0.3, 0.4) is 0 Å². The van der Waals surface area contributed by atoms with Crippen molar-refractivity contribution in [2.75, 3.05) is 0 Å². The van der Waals surface area contributed by atoms with Crippen LogP contribution in [-0.4, -0.2) is 14.8 Å². The molecular weight excluding hydrogens is 354 g/mol. The van der Waals surface area contributed by atoms with E-state index in [1.165, 1.54) is 11.1 Å². The van der Waals surface area contributed by atoms with Crippen molar-refractivity contribution in [1.82, 2.24) is 14.8 Å². The molecule has 0 amide bonds. The minimum atomic E-state index is 0.565. The second-order valence-corrected chi connectivity index (χ2v) is 7.10. The molecule has 27 heavy (non-hydrogen) atoms. The molecule has 0 radical (unpaired) electrons. The molecule has 0 saturated carbocycles. The van der Waals surface area contributed by atoms with Crippen LogP contribution in [0.15, 0.2) is 72.9 Å². The molecule has 2 heterocycles. The summed E-state index contributed by atoms with van der Waals surface area (Å²) in [6.45, 7) is 4.72. The zero-order chi connectivity index (χ0) is 18.8. The Morgan fingerprint density at radius 2 is 1.44 bits per heavy atom. The van der Waals surface area contributed by atoms with Crippen LogP contribution in [0.1, 0.15) is 16.8 Å². The predicted octanol–water partition coefficient (Wildman–Crippen LogP) is 5.93. The topological polar surface area (TPSA) is 30.7 Å². The van der Waals surface area contributed by atoms with Gasteiger partial charge in [0.2, 0.25) is 0 Å². The van der Waals surface area contributed by atoms with Gasteiger partial charge in [0.1, 0.15) is 5.69 Å². The number of aryl methyl sites for hydroxylation is 2. The van der Waals surface area contributed by atoms with Gasteiger partial charge in [-0.3, -0.25) is 9.67 Å². The Balaban J connectivity index is 1.86. The van der Waals surface area contributed by atoms with Crippen LogP contribution < -0.4 is 0 Å². The molecule has 0 fully saturated rings. The van der Waals surface area contributed by atoms with Crippen molar-refractivity contribution in [2.45, 2.75) is 20.4 Å². The summed E-state index contributed by atoms with van der Waals surface area (Å²) in [5, 5.41) is 5.51. The van der Waals surface area contributed by atoms with Gasteiger partial charge in [-0.25, -0.2) is 0 Å². The van der Waals surface area contributed by atoms with E-state index in [4.69, 9.17) is 16.7 Å². The molecule has 0 aliphatic heterocycles. The monoisotopic (exact) mass is 373 g/mol. The van der Waals surface area contributed by atoms with E-state index in [0.29, 0.717) is 11.6 Å². The smallest absolute Gasteiger partial charge is 0.112 e. The number of rotatable bonds is 4. The Morgan fingerprint density at radius 3 is 2.04 bits per heavy atom. The van der Waals surface area contributed by atoms with E-state index in [-0.39, 0.29) is 0 Å². The molecular formula is C23H20ClN3. The van der Waals surface area contributed by atoms with Crippen molar-refractivity contribution in [3.05, 3.63) is 94.8 Å². The number of pyridine rings is 1. The number of nitrogens with zero attached hydrogens (tertiary/aromatic N) is 3. The first kappa shape index (κ1) is 17.5. The molecule has 0 spiro atoms. The molecule has 134 valence electrons. The SMILES string of the molecule is Cc1ccc(-c2nn(Cc3ccccn3)c(-c3ccc(C)cc3)c2Cl)cc1. The third-order valence-electron chi connectivity index (χ3n) is 4.58. The maximum Gasteiger partial charge on any atom is 0.112 e. The van der Waals surface area contributed by atoms with E-state index in [1.807, 2.05) is 22.9 Å². The standard InChI is InChI=1S/C23H20ClN3/c1-16-6-10-18(11-7-16)22-21(24)23(19-12-8-17(2)9-13-19)27(26-22)15-20-5-3-4-14-25-20/h3-14H,15H2,1-2H3. The molecule has 4 rings (SSSR count). The maximum absolute atomic E-state index is 6.84. The highest BCUT2D eigenvalue weighted by Gasteiger charge is 2.19. The summed E-state index contributed by atoms with van der Waals surface area (Å²) in [7, 11) is 0. The van der Waals surface area contributed by atoms with E-state index in [0.717, 1.165) is 28.2 Å². The summed E-state index contributed by atoms with van der Waals surface area (Å²) in [5.74, 6) is 0. The molecule has 2 aromatic heterocycles. The second-order valence-electron chi connectivity index (χ2n) is 6.72. The molecule has 4 heteroatoms. The van der Waals surface area contributed by atoms with Crippen molar-refractivity contribution in [2.24, 2.45) is 0 Å². The molecule has 0 unspecified atom stereocenters. The highest BCUT2D eigenvalue weighted by molar-refractivity contribution is 6.35. The van der Waals surface area contributed by atoms with Gasteiger partial charge in [-0.1, -0.05) is 77.3 Å². The van der Waals surface area contributed by atoms with Gasteiger partial charge in [-0.2, -0.15) is 5.10 Å². The van der Waals surface area contributed by atoms with Crippen LogP contribution in [-0.2, 0) is 6.54 Å². The fourth-order valence-electron chi connectivity index (χ4n) is 3.08. The molecule has 0 aliphatic rings. The Morgan fingerprint density at radius 1 is 0.815 bits per heavy atom. The van der Waals surface area contributed by atoms with E-state index in [9.17, 15) is 0 Å². The number of hydrogen-bond acceptors (Lipinski definition) is 2. The Kier molecular flexibility index (Phi) is 4.78. The number of halogens is 1. The molecule has 0 aliphatic carbocycles. The van der Waals surface area contributed by atoms with Gasteiger partial charge in [0.15, 0.2) is 0 Å². The second kappa shape index (κ2) is 7.37. The van der Waals surface area contributed by atoms with Gasteiger partial charge in [-0.15, -0.1) is 0 Å². The zero-order valence-electron chi connectivity index (χ0n) is 15.4. The van der Waals surface area contributed by atoms with Crippen LogP contribution in [0, 0.1) is 13.8 Å². The van der Waals surface area contributed by atoms with E-state index in [1.54, 1.807) is 6.20 Å². The normalized spacial score (nSPS) is 10.9. The average molecular weight is 374 g/mol. The predicted molar refractivity (Wildman–Crippen MR) is 111 cm³/mol. The minimum Gasteiger partial charge on any atom is -0.259 e. The summed E-state index contributed by atoms with van der Waals surface area (Å²) in [6.07, 6.45) is 1.80. The Bertz CT molecular complexity index is 1050. The highest BCUT2D eigenvalue weighted by atomic mass is 35.5.